The molecule has 3 heterocycles. The molecule has 1 aliphatic rings. The lowest BCUT2D eigenvalue weighted by molar-refractivity contribution is -0.280. The molecule has 0 saturated heterocycles. The van der Waals surface area contributed by atoms with Crippen molar-refractivity contribution in [1.29, 1.82) is 0 Å². The largest absolute Gasteiger partial charge is 0.481 e. The van der Waals surface area contributed by atoms with Crippen LogP contribution in [0.25, 0.3) is 11.3 Å². The molecule has 0 radical (unpaired) electrons. The highest BCUT2D eigenvalue weighted by atomic mass is 19.4. The van der Waals surface area contributed by atoms with Gasteiger partial charge >= 0.3 is 12.1 Å². The lowest BCUT2D eigenvalue weighted by Crippen LogP contribution is -2.49. The first kappa shape index (κ1) is 26.8. The summed E-state index contributed by atoms with van der Waals surface area (Å²) in [5.41, 5.74) is -5.65. The maximum atomic E-state index is 14.5. The zero-order chi connectivity index (χ0) is 27.7. The Balaban J connectivity index is 1.73. The van der Waals surface area contributed by atoms with Gasteiger partial charge in [0.1, 0.15) is 34.9 Å². The van der Waals surface area contributed by atoms with Crippen LogP contribution in [0.4, 0.5) is 26.3 Å². The Labute approximate surface area is 211 Å². The number of ketones is 1. The molecule has 0 unspecified atom stereocenters. The summed E-state index contributed by atoms with van der Waals surface area (Å²) in [5.74, 6) is -5.02. The lowest BCUT2D eigenvalue weighted by atomic mass is 9.82. The van der Waals surface area contributed by atoms with Crippen LogP contribution >= 0.6 is 0 Å². The number of halogens is 6. The molecule has 1 aromatic carbocycles. The van der Waals surface area contributed by atoms with Crippen molar-refractivity contribution in [3.05, 3.63) is 95.4 Å². The number of benzene rings is 1. The third-order valence-corrected chi connectivity index (χ3v) is 5.85. The predicted octanol–water partition coefficient (Wildman–Crippen LogP) is 5.61. The maximum Gasteiger partial charge on any atom is 0.432 e. The van der Waals surface area contributed by atoms with E-state index in [0.717, 1.165) is 68.1 Å². The van der Waals surface area contributed by atoms with Crippen LogP contribution in [-0.4, -0.2) is 34.0 Å². The molecular weight excluding hydrogens is 518 g/mol. The highest BCUT2D eigenvalue weighted by Gasteiger charge is 2.61. The molecule has 2 atom stereocenters. The van der Waals surface area contributed by atoms with Crippen molar-refractivity contribution in [3.63, 3.8) is 0 Å². The molecule has 0 aliphatic carbocycles. The standard InChI is InChI=1S/C26H18F6N2O4/c1-14(35)38-16-8-10-37-25(12-16,26(30,31)32)17-7-9-33-13-15(17)11-22(36)21-6-5-20(29)24(34-21)23-18(27)3-2-4-19(23)28/h2-10,13,16H,11-12H2,1H3/t16-,25+/m0/s1. The average Bonchev–Trinajstić information content (AvgIpc) is 2.84. The van der Waals surface area contributed by atoms with Crippen LogP contribution in [0.2, 0.25) is 0 Å². The lowest BCUT2D eigenvalue weighted by Gasteiger charge is -2.40. The van der Waals surface area contributed by atoms with Crippen molar-refractivity contribution < 1.29 is 45.4 Å². The SMILES string of the molecule is CC(=O)O[C@H]1C=CO[C@](c2ccncc2CC(=O)c2ccc(F)c(-c3c(F)cccc3F)n2)(C(F)(F)F)C1. The summed E-state index contributed by atoms with van der Waals surface area (Å²) < 4.78 is 96.3. The smallest absolute Gasteiger partial charge is 0.432 e. The van der Waals surface area contributed by atoms with Crippen molar-refractivity contribution in [3.8, 4) is 11.3 Å². The molecule has 0 saturated carbocycles. The fraction of sp³-hybridized carbons (Fsp3) is 0.231. The monoisotopic (exact) mass is 536 g/mol. The summed E-state index contributed by atoms with van der Waals surface area (Å²) in [7, 11) is 0. The van der Waals surface area contributed by atoms with E-state index in [-0.39, 0.29) is 5.56 Å². The van der Waals surface area contributed by atoms with Gasteiger partial charge in [0.15, 0.2) is 5.78 Å². The number of carbonyl (C=O) groups is 2. The molecular formula is C26H18F6N2O4. The van der Waals surface area contributed by atoms with E-state index < -0.39 is 82.4 Å². The van der Waals surface area contributed by atoms with Crippen molar-refractivity contribution in [1.82, 2.24) is 9.97 Å². The summed E-state index contributed by atoms with van der Waals surface area (Å²) in [5, 5.41) is 0. The number of esters is 1. The second-order valence-corrected chi connectivity index (χ2v) is 8.38. The number of aromatic nitrogens is 2. The van der Waals surface area contributed by atoms with Crippen LogP contribution in [0.3, 0.4) is 0 Å². The van der Waals surface area contributed by atoms with E-state index in [2.05, 4.69) is 9.97 Å². The summed E-state index contributed by atoms with van der Waals surface area (Å²) in [6.45, 7) is 1.05. The molecule has 3 aromatic rings. The molecule has 38 heavy (non-hydrogen) atoms. The molecule has 0 fully saturated rings. The second kappa shape index (κ2) is 10.3. The minimum absolute atomic E-state index is 0.198. The van der Waals surface area contributed by atoms with Gasteiger partial charge in [-0.05, 0) is 42.0 Å². The van der Waals surface area contributed by atoms with E-state index in [0.29, 0.717) is 0 Å². The molecule has 0 bridgehead atoms. The average molecular weight is 536 g/mol. The van der Waals surface area contributed by atoms with Crippen LogP contribution in [0.5, 0.6) is 0 Å². The quantitative estimate of drug-likeness (QED) is 0.232. The molecule has 198 valence electrons. The van der Waals surface area contributed by atoms with Gasteiger partial charge in [0.25, 0.3) is 0 Å². The minimum Gasteiger partial charge on any atom is -0.481 e. The van der Waals surface area contributed by atoms with Gasteiger partial charge < -0.3 is 9.47 Å². The molecule has 4 rings (SSSR count). The molecule has 0 spiro atoms. The Morgan fingerprint density at radius 2 is 1.79 bits per heavy atom. The fourth-order valence-corrected chi connectivity index (χ4v) is 4.17. The van der Waals surface area contributed by atoms with Crippen LogP contribution in [0.1, 0.15) is 35.0 Å². The van der Waals surface area contributed by atoms with Gasteiger partial charge in [-0.3, -0.25) is 14.6 Å². The number of rotatable bonds is 6. The second-order valence-electron chi connectivity index (χ2n) is 8.38. The third kappa shape index (κ3) is 5.11. The summed E-state index contributed by atoms with van der Waals surface area (Å²) >= 11 is 0. The fourth-order valence-electron chi connectivity index (χ4n) is 4.17. The predicted molar refractivity (Wildman–Crippen MR) is 120 cm³/mol. The van der Waals surface area contributed by atoms with Gasteiger partial charge in [0, 0.05) is 37.7 Å². The Hall–Kier alpha value is -4.22. The first-order chi connectivity index (χ1) is 17.9. The maximum absolute atomic E-state index is 14.5. The van der Waals surface area contributed by atoms with Crippen LogP contribution in [-0.2, 0) is 26.3 Å². The Morgan fingerprint density at radius 3 is 2.45 bits per heavy atom. The van der Waals surface area contributed by atoms with E-state index in [1.807, 2.05) is 0 Å². The van der Waals surface area contributed by atoms with Gasteiger partial charge in [0.2, 0.25) is 5.60 Å². The van der Waals surface area contributed by atoms with Crippen molar-refractivity contribution in [2.75, 3.05) is 0 Å². The topological polar surface area (TPSA) is 78.4 Å². The highest BCUT2D eigenvalue weighted by molar-refractivity contribution is 5.96. The van der Waals surface area contributed by atoms with Gasteiger partial charge in [-0.2, -0.15) is 13.2 Å². The summed E-state index contributed by atoms with van der Waals surface area (Å²) in [6, 6.07) is 5.59. The van der Waals surface area contributed by atoms with Crippen molar-refractivity contribution >= 4 is 11.8 Å². The Kier molecular flexibility index (Phi) is 7.25. The summed E-state index contributed by atoms with van der Waals surface area (Å²) in [6.07, 6.45) is -3.77. The zero-order valence-electron chi connectivity index (χ0n) is 19.6. The molecule has 0 amide bonds. The molecule has 1 aliphatic heterocycles. The number of alkyl halides is 3. The van der Waals surface area contributed by atoms with Crippen molar-refractivity contribution in [2.24, 2.45) is 0 Å². The van der Waals surface area contributed by atoms with E-state index in [1.165, 1.54) is 0 Å². The van der Waals surface area contributed by atoms with Crippen molar-refractivity contribution in [2.45, 2.75) is 37.6 Å². The minimum atomic E-state index is -5.01. The number of carbonyl (C=O) groups excluding carboxylic acids is 2. The van der Waals surface area contributed by atoms with Crippen LogP contribution < -0.4 is 0 Å². The first-order valence-corrected chi connectivity index (χ1v) is 11.1. The number of ether oxygens (including phenoxy) is 2. The highest BCUT2D eigenvalue weighted by Crippen LogP contribution is 2.49. The van der Waals surface area contributed by atoms with Gasteiger partial charge in [-0.1, -0.05) is 6.07 Å². The van der Waals surface area contributed by atoms with E-state index in [4.69, 9.17) is 9.47 Å². The van der Waals surface area contributed by atoms with E-state index in [9.17, 15) is 35.9 Å². The zero-order valence-corrected chi connectivity index (χ0v) is 19.6. The van der Waals surface area contributed by atoms with E-state index >= 15 is 0 Å². The Bertz CT molecular complexity index is 1400. The number of hydrogen-bond acceptors (Lipinski definition) is 6. The van der Waals surface area contributed by atoms with E-state index in [1.54, 1.807) is 0 Å². The molecule has 2 aromatic heterocycles. The number of nitrogens with zero attached hydrogens (tertiary/aromatic N) is 2. The normalized spacial score (nSPS) is 19.1. The molecule has 6 nitrogen and oxygen atoms in total. The molecule has 0 N–H and O–H groups in total. The van der Waals surface area contributed by atoms with Gasteiger partial charge in [-0.25, -0.2) is 18.2 Å². The third-order valence-electron chi connectivity index (χ3n) is 5.85. The van der Waals surface area contributed by atoms with Gasteiger partial charge in [-0.15, -0.1) is 0 Å². The molecule has 12 heteroatoms. The van der Waals surface area contributed by atoms with Crippen LogP contribution in [0.15, 0.2) is 61.1 Å². The summed E-state index contributed by atoms with van der Waals surface area (Å²) in [4.78, 5) is 32.0. The Morgan fingerprint density at radius 1 is 1.08 bits per heavy atom. The van der Waals surface area contributed by atoms with Gasteiger partial charge in [0.05, 0.1) is 11.8 Å². The number of pyridine rings is 2. The number of Topliss-reactive ketones (excluding diaryl/α,β-unsaturated/α-hetero) is 1. The number of hydrogen-bond donors (Lipinski definition) is 0. The van der Waals surface area contributed by atoms with Crippen LogP contribution in [0, 0.1) is 17.5 Å². The first-order valence-electron chi connectivity index (χ1n) is 11.1.